The lowest BCUT2D eigenvalue weighted by molar-refractivity contribution is 0.449. The Morgan fingerprint density at radius 2 is 1.15 bits per heavy atom. The van der Waals surface area contributed by atoms with E-state index in [0.29, 0.717) is 11.5 Å². The zero-order valence-corrected chi connectivity index (χ0v) is 19.4. The molecule has 156 valence electrons. The maximum atomic E-state index is 11.5. The molecule has 2 aromatic carbocycles. The fraction of sp³-hybridized carbons (Fsp3) is 0.455. The molecular formula is C22H38O4S. The molecule has 4 nitrogen and oxygen atoms in total. The summed E-state index contributed by atoms with van der Waals surface area (Å²) in [6.07, 6.45) is 1.04. The molecule has 0 aliphatic carbocycles. The molecule has 0 radical (unpaired) electrons. The SMILES string of the molecule is CC.CC.CC.CC.Cc1ccc(Oc2ccc(O)c(S(C)(=O)=O)c2)cc1. The Balaban J connectivity index is -0.000000638. The van der Waals surface area contributed by atoms with Crippen molar-refractivity contribution in [3.05, 3.63) is 48.0 Å². The van der Waals surface area contributed by atoms with Crippen molar-refractivity contribution in [2.24, 2.45) is 0 Å². The Kier molecular flexibility index (Phi) is 19.2. The molecule has 27 heavy (non-hydrogen) atoms. The minimum atomic E-state index is -3.48. The van der Waals surface area contributed by atoms with Crippen LogP contribution in [-0.2, 0) is 9.84 Å². The lowest BCUT2D eigenvalue weighted by Crippen LogP contribution is -1.98. The summed E-state index contributed by atoms with van der Waals surface area (Å²) in [5.74, 6) is 0.691. The van der Waals surface area contributed by atoms with Gasteiger partial charge in [0.25, 0.3) is 0 Å². The van der Waals surface area contributed by atoms with E-state index in [1.807, 2.05) is 74.4 Å². The number of hydrogen-bond donors (Lipinski definition) is 1. The van der Waals surface area contributed by atoms with Crippen LogP contribution in [0, 0.1) is 6.92 Å². The van der Waals surface area contributed by atoms with Gasteiger partial charge in [0.2, 0.25) is 0 Å². The number of phenolic OH excluding ortho intramolecular Hbond substituents is 1. The Morgan fingerprint density at radius 1 is 0.741 bits per heavy atom. The van der Waals surface area contributed by atoms with Crippen molar-refractivity contribution in [3.63, 3.8) is 0 Å². The van der Waals surface area contributed by atoms with Crippen molar-refractivity contribution in [1.82, 2.24) is 0 Å². The van der Waals surface area contributed by atoms with Crippen molar-refractivity contribution < 1.29 is 18.3 Å². The van der Waals surface area contributed by atoms with Crippen LogP contribution in [0.25, 0.3) is 0 Å². The molecule has 0 fully saturated rings. The average molecular weight is 399 g/mol. The molecule has 0 saturated heterocycles. The minimum Gasteiger partial charge on any atom is -0.507 e. The van der Waals surface area contributed by atoms with Gasteiger partial charge in [-0.2, -0.15) is 0 Å². The van der Waals surface area contributed by atoms with Crippen LogP contribution in [0.2, 0.25) is 0 Å². The average Bonchev–Trinajstić information content (AvgIpc) is 2.70. The third-order valence-corrected chi connectivity index (χ3v) is 3.71. The van der Waals surface area contributed by atoms with E-state index < -0.39 is 9.84 Å². The van der Waals surface area contributed by atoms with Gasteiger partial charge in [0.05, 0.1) is 0 Å². The molecular weight excluding hydrogens is 360 g/mol. The summed E-state index contributed by atoms with van der Waals surface area (Å²) in [6, 6.07) is 11.5. The van der Waals surface area contributed by atoms with Gasteiger partial charge in [-0.3, -0.25) is 0 Å². The van der Waals surface area contributed by atoms with E-state index in [4.69, 9.17) is 4.74 Å². The second kappa shape index (κ2) is 17.4. The third-order valence-electron chi connectivity index (χ3n) is 2.59. The van der Waals surface area contributed by atoms with Crippen molar-refractivity contribution in [2.75, 3.05) is 6.26 Å². The minimum absolute atomic E-state index is 0.142. The number of ether oxygens (including phenoxy) is 1. The predicted octanol–water partition coefficient (Wildman–Crippen LogP) is 7.00. The van der Waals surface area contributed by atoms with Gasteiger partial charge in [-0.25, -0.2) is 8.42 Å². The number of benzene rings is 2. The molecule has 0 aromatic heterocycles. The number of aromatic hydroxyl groups is 1. The van der Waals surface area contributed by atoms with E-state index in [1.165, 1.54) is 18.2 Å². The lowest BCUT2D eigenvalue weighted by atomic mass is 10.2. The first-order valence-corrected chi connectivity index (χ1v) is 11.5. The van der Waals surface area contributed by atoms with Gasteiger partial charge in [0.15, 0.2) is 9.84 Å². The van der Waals surface area contributed by atoms with Crippen molar-refractivity contribution in [2.45, 2.75) is 67.2 Å². The summed E-state index contributed by atoms with van der Waals surface area (Å²) in [4.78, 5) is -0.142. The predicted molar refractivity (Wildman–Crippen MR) is 118 cm³/mol. The number of rotatable bonds is 3. The highest BCUT2D eigenvalue weighted by atomic mass is 32.2. The van der Waals surface area contributed by atoms with Gasteiger partial charge >= 0.3 is 0 Å². The third kappa shape index (κ3) is 12.1. The van der Waals surface area contributed by atoms with Crippen LogP contribution in [0.3, 0.4) is 0 Å². The second-order valence-electron chi connectivity index (χ2n) is 4.32. The summed E-state index contributed by atoms with van der Waals surface area (Å²) >= 11 is 0. The van der Waals surface area contributed by atoms with E-state index in [2.05, 4.69) is 0 Å². The van der Waals surface area contributed by atoms with Crippen LogP contribution in [0.4, 0.5) is 0 Å². The van der Waals surface area contributed by atoms with Gasteiger partial charge in [-0.05, 0) is 31.2 Å². The number of phenols is 1. The van der Waals surface area contributed by atoms with E-state index in [0.717, 1.165) is 11.8 Å². The molecule has 0 aliphatic rings. The topological polar surface area (TPSA) is 63.6 Å². The fourth-order valence-electron chi connectivity index (χ4n) is 1.60. The molecule has 0 amide bonds. The van der Waals surface area contributed by atoms with E-state index in [1.54, 1.807) is 12.1 Å². The van der Waals surface area contributed by atoms with Gasteiger partial charge in [-0.15, -0.1) is 0 Å². The van der Waals surface area contributed by atoms with E-state index >= 15 is 0 Å². The summed E-state index contributed by atoms with van der Waals surface area (Å²) in [7, 11) is -3.48. The first-order valence-electron chi connectivity index (χ1n) is 9.64. The Bertz CT molecular complexity index is 691. The zero-order valence-electron chi connectivity index (χ0n) is 18.6. The summed E-state index contributed by atoms with van der Waals surface area (Å²) < 4.78 is 28.5. The van der Waals surface area contributed by atoms with Gasteiger partial charge < -0.3 is 9.84 Å². The standard InChI is InChI=1S/C14H14O4S.4C2H6/c1-10-3-5-11(6-4-10)18-12-7-8-13(15)14(9-12)19(2,16)17;4*1-2/h3-9,15H,1-2H3;4*1-2H3. The molecule has 0 unspecified atom stereocenters. The van der Waals surface area contributed by atoms with Crippen LogP contribution in [0.15, 0.2) is 47.4 Å². The maximum Gasteiger partial charge on any atom is 0.179 e. The largest absolute Gasteiger partial charge is 0.507 e. The van der Waals surface area contributed by atoms with Crippen molar-refractivity contribution >= 4 is 9.84 Å². The molecule has 0 saturated carbocycles. The van der Waals surface area contributed by atoms with E-state index in [-0.39, 0.29) is 10.6 Å². The molecule has 1 N–H and O–H groups in total. The smallest absolute Gasteiger partial charge is 0.179 e. The van der Waals surface area contributed by atoms with Crippen LogP contribution in [0.5, 0.6) is 17.2 Å². The second-order valence-corrected chi connectivity index (χ2v) is 6.30. The van der Waals surface area contributed by atoms with Crippen LogP contribution in [-0.4, -0.2) is 19.8 Å². The van der Waals surface area contributed by atoms with Crippen LogP contribution >= 0.6 is 0 Å². The zero-order chi connectivity index (χ0) is 22.0. The molecule has 2 aromatic rings. The Morgan fingerprint density at radius 3 is 1.56 bits per heavy atom. The molecule has 0 spiro atoms. The Hall–Kier alpha value is -2.01. The maximum absolute atomic E-state index is 11.5. The normalized spacial score (nSPS) is 8.81. The highest BCUT2D eigenvalue weighted by Crippen LogP contribution is 2.30. The van der Waals surface area contributed by atoms with Gasteiger partial charge in [-0.1, -0.05) is 73.1 Å². The van der Waals surface area contributed by atoms with Gasteiger partial charge in [0, 0.05) is 12.3 Å². The molecule has 0 bridgehead atoms. The Labute approximate surface area is 167 Å². The van der Waals surface area contributed by atoms with Crippen molar-refractivity contribution in [1.29, 1.82) is 0 Å². The van der Waals surface area contributed by atoms with Gasteiger partial charge in [0.1, 0.15) is 22.1 Å². The van der Waals surface area contributed by atoms with Crippen LogP contribution in [0.1, 0.15) is 61.0 Å². The number of aryl methyl sites for hydroxylation is 1. The quantitative estimate of drug-likeness (QED) is 0.604. The van der Waals surface area contributed by atoms with Crippen LogP contribution < -0.4 is 4.74 Å². The molecule has 0 atom stereocenters. The lowest BCUT2D eigenvalue weighted by Gasteiger charge is -2.08. The highest BCUT2D eigenvalue weighted by Gasteiger charge is 2.14. The highest BCUT2D eigenvalue weighted by molar-refractivity contribution is 7.90. The monoisotopic (exact) mass is 398 g/mol. The number of hydrogen-bond acceptors (Lipinski definition) is 4. The van der Waals surface area contributed by atoms with E-state index in [9.17, 15) is 13.5 Å². The molecule has 2 rings (SSSR count). The number of sulfone groups is 1. The van der Waals surface area contributed by atoms with Crippen molar-refractivity contribution in [3.8, 4) is 17.2 Å². The summed E-state index contributed by atoms with van der Waals surface area (Å²) in [6.45, 7) is 18.0. The summed E-state index contributed by atoms with van der Waals surface area (Å²) in [5.41, 5.74) is 1.11. The first-order chi connectivity index (χ1) is 12.9. The summed E-state index contributed by atoms with van der Waals surface area (Å²) in [5, 5.41) is 9.54. The fourth-order valence-corrected chi connectivity index (χ4v) is 2.38. The molecule has 5 heteroatoms. The first kappa shape index (κ1) is 29.7. The molecule has 0 heterocycles. The molecule has 0 aliphatic heterocycles.